The number of unbranched alkanes of at least 4 members (excludes halogenated alkanes) is 6. The van der Waals surface area contributed by atoms with Crippen LogP contribution < -0.4 is 5.73 Å². The van der Waals surface area contributed by atoms with E-state index in [0.29, 0.717) is 13.0 Å². The van der Waals surface area contributed by atoms with Crippen molar-refractivity contribution in [3.05, 3.63) is 35.4 Å². The van der Waals surface area contributed by atoms with Crippen LogP contribution in [-0.4, -0.2) is 12.3 Å². The Bertz CT molecular complexity index is 387. The number of ketones is 1. The minimum absolute atomic E-state index is 0.280. The van der Waals surface area contributed by atoms with Crippen LogP contribution in [0.3, 0.4) is 0 Å². The first-order valence-electron chi connectivity index (χ1n) is 8.10. The monoisotopic (exact) mass is 275 g/mol. The predicted octanol–water partition coefficient (Wildman–Crippen LogP) is 4.51. The van der Waals surface area contributed by atoms with Gasteiger partial charge in [-0.1, -0.05) is 69.7 Å². The van der Waals surface area contributed by atoms with Crippen LogP contribution in [0.25, 0.3) is 0 Å². The Kier molecular flexibility index (Phi) is 8.97. The number of hydrogen-bond acceptors (Lipinski definition) is 2. The van der Waals surface area contributed by atoms with E-state index in [-0.39, 0.29) is 5.78 Å². The Balaban J connectivity index is 2.29. The highest BCUT2D eigenvalue weighted by Gasteiger charge is 2.09. The third-order valence-electron chi connectivity index (χ3n) is 3.74. The van der Waals surface area contributed by atoms with Crippen molar-refractivity contribution in [2.24, 2.45) is 5.73 Å². The van der Waals surface area contributed by atoms with Crippen LogP contribution in [0.1, 0.15) is 74.2 Å². The molecule has 2 N–H and O–H groups in total. The molecule has 0 aromatic heterocycles. The highest BCUT2D eigenvalue weighted by atomic mass is 16.1. The molecule has 0 fully saturated rings. The van der Waals surface area contributed by atoms with Crippen molar-refractivity contribution in [3.63, 3.8) is 0 Å². The molecular formula is C18H29NO. The van der Waals surface area contributed by atoms with E-state index in [1.807, 2.05) is 24.3 Å². The van der Waals surface area contributed by atoms with Gasteiger partial charge in [-0.05, 0) is 24.9 Å². The molecule has 2 nitrogen and oxygen atoms in total. The van der Waals surface area contributed by atoms with Gasteiger partial charge in [-0.3, -0.25) is 4.79 Å². The third kappa shape index (κ3) is 6.33. The molecule has 0 spiro atoms. The molecule has 2 heteroatoms. The van der Waals surface area contributed by atoms with Gasteiger partial charge < -0.3 is 5.73 Å². The fourth-order valence-electron chi connectivity index (χ4n) is 2.54. The number of nitrogens with two attached hydrogens (primary N) is 1. The number of hydrogen-bond donors (Lipinski definition) is 1. The third-order valence-corrected chi connectivity index (χ3v) is 3.74. The van der Waals surface area contributed by atoms with Crippen molar-refractivity contribution in [3.8, 4) is 0 Å². The van der Waals surface area contributed by atoms with E-state index in [0.717, 1.165) is 24.0 Å². The van der Waals surface area contributed by atoms with E-state index in [1.54, 1.807) is 0 Å². The molecule has 0 aliphatic rings. The molecule has 0 atom stereocenters. The Morgan fingerprint density at radius 2 is 1.65 bits per heavy atom. The number of Topliss-reactive ketones (excluding diaryl/α,β-unsaturated/α-hetero) is 1. The van der Waals surface area contributed by atoms with Crippen molar-refractivity contribution >= 4 is 5.78 Å². The van der Waals surface area contributed by atoms with Crippen LogP contribution >= 0.6 is 0 Å². The zero-order valence-corrected chi connectivity index (χ0v) is 12.9. The first-order valence-corrected chi connectivity index (χ1v) is 8.10. The highest BCUT2D eigenvalue weighted by Crippen LogP contribution is 2.15. The van der Waals surface area contributed by atoms with Crippen LogP contribution in [0.5, 0.6) is 0 Å². The smallest absolute Gasteiger partial charge is 0.163 e. The van der Waals surface area contributed by atoms with Gasteiger partial charge in [-0.25, -0.2) is 0 Å². The van der Waals surface area contributed by atoms with Gasteiger partial charge in [0.05, 0.1) is 0 Å². The molecule has 1 aromatic rings. The molecule has 0 unspecified atom stereocenters. The summed E-state index contributed by atoms with van der Waals surface area (Å²) >= 11 is 0. The molecule has 0 heterocycles. The average Bonchev–Trinajstić information content (AvgIpc) is 2.47. The maximum atomic E-state index is 12.2. The standard InChI is InChI=1S/C18H29NO/c1-2-3-4-5-6-7-8-13-18(20)17-12-10-9-11-16(17)14-15-19/h9-12H,2-8,13-15,19H2,1H3. The summed E-state index contributed by atoms with van der Waals surface area (Å²) in [6, 6.07) is 7.88. The molecule has 0 aliphatic carbocycles. The molecule has 0 saturated heterocycles. The molecule has 112 valence electrons. The van der Waals surface area contributed by atoms with Gasteiger partial charge in [0.15, 0.2) is 5.78 Å². The molecule has 0 amide bonds. The van der Waals surface area contributed by atoms with Gasteiger partial charge in [-0.15, -0.1) is 0 Å². The lowest BCUT2D eigenvalue weighted by molar-refractivity contribution is 0.0978. The van der Waals surface area contributed by atoms with Gasteiger partial charge >= 0.3 is 0 Å². The molecule has 0 saturated carbocycles. The molecule has 1 aromatic carbocycles. The summed E-state index contributed by atoms with van der Waals surface area (Å²) in [6.45, 7) is 2.83. The number of rotatable bonds is 11. The first-order chi connectivity index (χ1) is 9.79. The average molecular weight is 275 g/mol. The van der Waals surface area contributed by atoms with Gasteiger partial charge in [-0.2, -0.15) is 0 Å². The van der Waals surface area contributed by atoms with E-state index in [1.165, 1.54) is 38.5 Å². The van der Waals surface area contributed by atoms with E-state index in [9.17, 15) is 4.79 Å². The van der Waals surface area contributed by atoms with Crippen LogP contribution in [0.2, 0.25) is 0 Å². The second-order valence-electron chi connectivity index (χ2n) is 5.49. The largest absolute Gasteiger partial charge is 0.330 e. The van der Waals surface area contributed by atoms with Crippen molar-refractivity contribution < 1.29 is 4.79 Å². The highest BCUT2D eigenvalue weighted by molar-refractivity contribution is 5.97. The zero-order valence-electron chi connectivity index (χ0n) is 12.9. The lowest BCUT2D eigenvalue weighted by Crippen LogP contribution is -2.09. The van der Waals surface area contributed by atoms with E-state index < -0.39 is 0 Å². The summed E-state index contributed by atoms with van der Waals surface area (Å²) in [7, 11) is 0. The fourth-order valence-corrected chi connectivity index (χ4v) is 2.54. The lowest BCUT2D eigenvalue weighted by Gasteiger charge is -2.07. The SMILES string of the molecule is CCCCCCCCCC(=O)c1ccccc1CCN. The van der Waals surface area contributed by atoms with Crippen molar-refractivity contribution in [2.75, 3.05) is 6.54 Å². The fraction of sp³-hybridized carbons (Fsp3) is 0.611. The summed E-state index contributed by atoms with van der Waals surface area (Å²) in [5, 5.41) is 0. The zero-order chi connectivity index (χ0) is 14.6. The first kappa shape index (κ1) is 16.9. The molecule has 20 heavy (non-hydrogen) atoms. The predicted molar refractivity (Wildman–Crippen MR) is 86.1 cm³/mol. The van der Waals surface area contributed by atoms with E-state index in [2.05, 4.69) is 6.92 Å². The lowest BCUT2D eigenvalue weighted by atomic mass is 9.97. The van der Waals surface area contributed by atoms with Gasteiger partial charge in [0, 0.05) is 12.0 Å². The summed E-state index contributed by atoms with van der Waals surface area (Å²) in [5.41, 5.74) is 7.58. The van der Waals surface area contributed by atoms with Crippen LogP contribution in [-0.2, 0) is 6.42 Å². The van der Waals surface area contributed by atoms with Crippen molar-refractivity contribution in [1.82, 2.24) is 0 Å². The molecule has 0 bridgehead atoms. The van der Waals surface area contributed by atoms with Crippen LogP contribution in [0, 0.1) is 0 Å². The van der Waals surface area contributed by atoms with Crippen molar-refractivity contribution in [2.45, 2.75) is 64.7 Å². The minimum Gasteiger partial charge on any atom is -0.330 e. The topological polar surface area (TPSA) is 43.1 Å². The van der Waals surface area contributed by atoms with Gasteiger partial charge in [0.25, 0.3) is 0 Å². The summed E-state index contributed by atoms with van der Waals surface area (Å²) in [6.07, 6.45) is 10.2. The Morgan fingerprint density at radius 1 is 1.00 bits per heavy atom. The number of carbonyl (C=O) groups excluding carboxylic acids is 1. The van der Waals surface area contributed by atoms with Gasteiger partial charge in [0.2, 0.25) is 0 Å². The summed E-state index contributed by atoms with van der Waals surface area (Å²) in [4.78, 5) is 12.2. The minimum atomic E-state index is 0.280. The molecule has 1 rings (SSSR count). The summed E-state index contributed by atoms with van der Waals surface area (Å²) < 4.78 is 0. The van der Waals surface area contributed by atoms with Gasteiger partial charge in [0.1, 0.15) is 0 Å². The van der Waals surface area contributed by atoms with Crippen molar-refractivity contribution in [1.29, 1.82) is 0 Å². The quantitative estimate of drug-likeness (QED) is 0.477. The molecule has 0 aliphatic heterocycles. The van der Waals surface area contributed by atoms with E-state index in [4.69, 9.17) is 5.73 Å². The normalized spacial score (nSPS) is 10.7. The number of carbonyl (C=O) groups is 1. The Morgan fingerprint density at radius 3 is 2.35 bits per heavy atom. The van der Waals surface area contributed by atoms with Crippen LogP contribution in [0.15, 0.2) is 24.3 Å². The molecule has 0 radical (unpaired) electrons. The molecular weight excluding hydrogens is 246 g/mol. The Hall–Kier alpha value is -1.15. The Labute approximate surface area is 123 Å². The summed E-state index contributed by atoms with van der Waals surface area (Å²) in [5.74, 6) is 0.280. The maximum absolute atomic E-state index is 12.2. The van der Waals surface area contributed by atoms with E-state index >= 15 is 0 Å². The maximum Gasteiger partial charge on any atom is 0.163 e. The second kappa shape index (κ2) is 10.6. The van der Waals surface area contributed by atoms with Crippen LogP contribution in [0.4, 0.5) is 0 Å². The number of benzene rings is 1. The second-order valence-corrected chi connectivity index (χ2v) is 5.49.